The monoisotopic (exact) mass is 338 g/mol. The van der Waals surface area contributed by atoms with Crippen molar-refractivity contribution < 1.29 is 19.2 Å². The fourth-order valence-corrected chi connectivity index (χ4v) is 2.91. The lowest BCUT2D eigenvalue weighted by molar-refractivity contribution is -0.0588. The van der Waals surface area contributed by atoms with Gasteiger partial charge in [0.05, 0.1) is 11.1 Å². The number of amides is 2. The van der Waals surface area contributed by atoms with Crippen LogP contribution < -0.4 is 4.90 Å². The summed E-state index contributed by atoms with van der Waals surface area (Å²) < 4.78 is 0. The summed E-state index contributed by atoms with van der Waals surface area (Å²) in [4.78, 5) is 52.1. The molecule has 0 saturated carbocycles. The molecule has 0 spiro atoms. The zero-order valence-electron chi connectivity index (χ0n) is 13.2. The second-order valence-electron chi connectivity index (χ2n) is 5.77. The van der Waals surface area contributed by atoms with Gasteiger partial charge in [0.15, 0.2) is 5.69 Å². The van der Waals surface area contributed by atoms with Gasteiger partial charge in [0.1, 0.15) is 0 Å². The first-order valence-corrected chi connectivity index (χ1v) is 7.93. The highest BCUT2D eigenvalue weighted by molar-refractivity contribution is 6.21. The molecule has 0 aliphatic carbocycles. The lowest BCUT2D eigenvalue weighted by Gasteiger charge is -2.16. The predicted molar refractivity (Wildman–Crippen MR) is 85.8 cm³/mol. The molecular weight excluding hydrogens is 324 g/mol. The van der Waals surface area contributed by atoms with E-state index in [2.05, 4.69) is 9.97 Å². The van der Waals surface area contributed by atoms with Gasteiger partial charge < -0.3 is 9.74 Å². The van der Waals surface area contributed by atoms with Crippen LogP contribution in [-0.2, 0) is 4.84 Å². The van der Waals surface area contributed by atoms with Gasteiger partial charge in [-0.05, 0) is 31.0 Å². The van der Waals surface area contributed by atoms with Crippen LogP contribution in [0.2, 0.25) is 0 Å². The van der Waals surface area contributed by atoms with Crippen LogP contribution in [0.25, 0.3) is 0 Å². The third-order valence-electron chi connectivity index (χ3n) is 4.17. The van der Waals surface area contributed by atoms with E-state index >= 15 is 0 Å². The molecule has 3 heterocycles. The van der Waals surface area contributed by atoms with Gasteiger partial charge in [-0.25, -0.2) is 14.8 Å². The van der Waals surface area contributed by atoms with Crippen molar-refractivity contribution in [1.82, 2.24) is 15.0 Å². The van der Waals surface area contributed by atoms with Crippen molar-refractivity contribution in [1.29, 1.82) is 0 Å². The summed E-state index contributed by atoms with van der Waals surface area (Å²) >= 11 is 0. The summed E-state index contributed by atoms with van der Waals surface area (Å²) in [6.07, 6.45) is 3.56. The van der Waals surface area contributed by atoms with Gasteiger partial charge in [-0.3, -0.25) is 9.59 Å². The largest absolute Gasteiger partial charge is 0.382 e. The Kier molecular flexibility index (Phi) is 3.64. The molecule has 2 aliphatic heterocycles. The van der Waals surface area contributed by atoms with Crippen LogP contribution in [0.4, 0.5) is 5.95 Å². The molecule has 2 aliphatic rings. The van der Waals surface area contributed by atoms with Crippen LogP contribution >= 0.6 is 0 Å². The minimum Gasteiger partial charge on any atom is -0.341 e. The number of hydrogen-bond donors (Lipinski definition) is 0. The molecule has 0 radical (unpaired) electrons. The number of rotatable bonds is 3. The fourth-order valence-electron chi connectivity index (χ4n) is 2.91. The molecule has 1 aromatic carbocycles. The Morgan fingerprint density at radius 2 is 1.64 bits per heavy atom. The summed E-state index contributed by atoms with van der Waals surface area (Å²) in [5.74, 6) is -1.77. The van der Waals surface area contributed by atoms with E-state index < -0.39 is 17.8 Å². The Labute approximate surface area is 143 Å². The molecule has 1 fully saturated rings. The van der Waals surface area contributed by atoms with Crippen molar-refractivity contribution in [3.63, 3.8) is 0 Å². The second kappa shape index (κ2) is 5.97. The predicted octanol–water partition coefficient (Wildman–Crippen LogP) is 1.44. The van der Waals surface area contributed by atoms with Gasteiger partial charge in [0.25, 0.3) is 11.8 Å². The second-order valence-corrected chi connectivity index (χ2v) is 5.77. The highest BCUT2D eigenvalue weighted by Gasteiger charge is 2.39. The van der Waals surface area contributed by atoms with Crippen LogP contribution in [0.5, 0.6) is 0 Å². The van der Waals surface area contributed by atoms with Gasteiger partial charge in [-0.15, -0.1) is 0 Å². The van der Waals surface area contributed by atoms with E-state index in [1.165, 1.54) is 24.4 Å². The van der Waals surface area contributed by atoms with Crippen molar-refractivity contribution >= 4 is 23.7 Å². The van der Waals surface area contributed by atoms with E-state index in [9.17, 15) is 14.4 Å². The first kappa shape index (κ1) is 15.3. The summed E-state index contributed by atoms with van der Waals surface area (Å²) in [5.41, 5.74) is 0.412. The molecule has 2 amide bonds. The third kappa shape index (κ3) is 2.61. The van der Waals surface area contributed by atoms with Gasteiger partial charge in [0, 0.05) is 19.3 Å². The number of hydrogen-bond acceptors (Lipinski definition) is 7. The Morgan fingerprint density at radius 3 is 2.28 bits per heavy atom. The number of carbonyl (C=O) groups is 3. The molecule has 2 aromatic rings. The average Bonchev–Trinajstić information content (AvgIpc) is 3.26. The topological polar surface area (TPSA) is 92.7 Å². The number of hydroxylamine groups is 2. The van der Waals surface area contributed by atoms with Crippen molar-refractivity contribution in [3.05, 3.63) is 53.3 Å². The first-order valence-electron chi connectivity index (χ1n) is 7.93. The van der Waals surface area contributed by atoms with Crippen LogP contribution in [0.3, 0.4) is 0 Å². The molecule has 8 nitrogen and oxygen atoms in total. The summed E-state index contributed by atoms with van der Waals surface area (Å²) in [7, 11) is 0. The third-order valence-corrected chi connectivity index (χ3v) is 4.17. The van der Waals surface area contributed by atoms with E-state index in [1.54, 1.807) is 12.1 Å². The SMILES string of the molecule is O=C(ON1C(=O)c2ccccc2C1=O)c1ccnc(N2CCCC2)n1. The fraction of sp³-hybridized carbons (Fsp3) is 0.235. The van der Waals surface area contributed by atoms with Gasteiger partial charge in [-0.2, -0.15) is 0 Å². The van der Waals surface area contributed by atoms with E-state index in [0.717, 1.165) is 25.9 Å². The number of nitrogens with zero attached hydrogens (tertiary/aromatic N) is 4. The van der Waals surface area contributed by atoms with E-state index in [0.29, 0.717) is 11.0 Å². The van der Waals surface area contributed by atoms with Gasteiger partial charge in [-0.1, -0.05) is 17.2 Å². The molecule has 8 heteroatoms. The standard InChI is InChI=1S/C17H14N4O4/c22-14-11-5-1-2-6-12(11)15(23)21(14)25-16(24)13-7-8-18-17(19-13)20-9-3-4-10-20/h1-2,5-8H,3-4,9-10H2. The molecule has 1 saturated heterocycles. The van der Waals surface area contributed by atoms with Crippen molar-refractivity contribution in [3.8, 4) is 0 Å². The van der Waals surface area contributed by atoms with Gasteiger partial charge >= 0.3 is 5.97 Å². The van der Waals surface area contributed by atoms with Crippen LogP contribution in [0.1, 0.15) is 44.0 Å². The summed E-state index contributed by atoms with van der Waals surface area (Å²) in [6, 6.07) is 7.70. The zero-order chi connectivity index (χ0) is 17.4. The number of benzene rings is 1. The van der Waals surface area contributed by atoms with Crippen molar-refractivity contribution in [2.75, 3.05) is 18.0 Å². The normalized spacial score (nSPS) is 16.3. The number of carbonyl (C=O) groups excluding carboxylic acids is 3. The Hall–Kier alpha value is -3.29. The quantitative estimate of drug-likeness (QED) is 0.782. The zero-order valence-corrected chi connectivity index (χ0v) is 13.2. The number of imide groups is 1. The Morgan fingerprint density at radius 1 is 1.00 bits per heavy atom. The highest BCUT2D eigenvalue weighted by Crippen LogP contribution is 2.23. The average molecular weight is 338 g/mol. The molecule has 25 heavy (non-hydrogen) atoms. The first-order chi connectivity index (χ1) is 12.1. The lowest BCUT2D eigenvalue weighted by Crippen LogP contribution is -2.33. The minimum absolute atomic E-state index is 0.00606. The summed E-state index contributed by atoms with van der Waals surface area (Å²) in [6.45, 7) is 1.66. The molecule has 4 rings (SSSR count). The Balaban J connectivity index is 1.54. The van der Waals surface area contributed by atoms with Crippen LogP contribution in [0, 0.1) is 0 Å². The number of fused-ring (bicyclic) bond motifs is 1. The molecule has 0 unspecified atom stereocenters. The number of aromatic nitrogens is 2. The van der Waals surface area contributed by atoms with Crippen molar-refractivity contribution in [2.45, 2.75) is 12.8 Å². The molecular formula is C17H14N4O4. The molecule has 0 N–H and O–H groups in total. The Bertz CT molecular complexity index is 841. The lowest BCUT2D eigenvalue weighted by atomic mass is 10.1. The number of anilines is 1. The van der Waals surface area contributed by atoms with E-state index in [-0.39, 0.29) is 16.8 Å². The minimum atomic E-state index is -0.877. The molecule has 126 valence electrons. The van der Waals surface area contributed by atoms with E-state index in [4.69, 9.17) is 4.84 Å². The van der Waals surface area contributed by atoms with Gasteiger partial charge in [0.2, 0.25) is 5.95 Å². The van der Waals surface area contributed by atoms with Crippen molar-refractivity contribution in [2.24, 2.45) is 0 Å². The van der Waals surface area contributed by atoms with E-state index in [1.807, 2.05) is 4.90 Å². The molecule has 1 aromatic heterocycles. The molecule has 0 atom stereocenters. The molecule has 0 bridgehead atoms. The maximum Gasteiger partial charge on any atom is 0.382 e. The smallest absolute Gasteiger partial charge is 0.341 e. The van der Waals surface area contributed by atoms with Crippen LogP contribution in [0.15, 0.2) is 36.5 Å². The highest BCUT2D eigenvalue weighted by atomic mass is 16.7. The summed E-state index contributed by atoms with van der Waals surface area (Å²) in [5, 5.41) is 0.477. The maximum atomic E-state index is 12.3. The van der Waals surface area contributed by atoms with Crippen LogP contribution in [-0.4, -0.2) is 45.9 Å². The maximum absolute atomic E-state index is 12.3.